The van der Waals surface area contributed by atoms with Crippen LogP contribution in [-0.4, -0.2) is 64.3 Å². The Labute approximate surface area is 165 Å². The predicted molar refractivity (Wildman–Crippen MR) is 105 cm³/mol. The summed E-state index contributed by atoms with van der Waals surface area (Å²) in [6.45, 7) is 2.88. The SMILES string of the molecule is CN(C)c1ncc2c(n1)C1(CCN(C(=O)CCCn3cccn3)CC1)OCC2. The van der Waals surface area contributed by atoms with Crippen LogP contribution < -0.4 is 4.90 Å². The van der Waals surface area contributed by atoms with Gasteiger partial charge in [0.25, 0.3) is 0 Å². The van der Waals surface area contributed by atoms with Crippen molar-refractivity contribution in [1.82, 2.24) is 24.6 Å². The molecule has 0 aromatic carbocycles. The fraction of sp³-hybridized carbons (Fsp3) is 0.600. The van der Waals surface area contributed by atoms with Crippen LogP contribution in [0, 0.1) is 0 Å². The normalized spacial score (nSPS) is 18.1. The topological polar surface area (TPSA) is 76.4 Å². The minimum atomic E-state index is -0.382. The summed E-state index contributed by atoms with van der Waals surface area (Å²) < 4.78 is 8.14. The molecule has 1 spiro atoms. The van der Waals surface area contributed by atoms with E-state index >= 15 is 0 Å². The lowest BCUT2D eigenvalue weighted by molar-refractivity contribution is -0.141. The standard InChI is InChI=1S/C20H28N6O2/c1-24(2)19-21-15-16-6-14-28-20(18(16)23-19)7-12-25(13-8-20)17(27)5-3-10-26-11-4-9-22-26/h4,9,11,15H,3,5-8,10,12-14H2,1-2H3. The van der Waals surface area contributed by atoms with Crippen molar-refractivity contribution >= 4 is 11.9 Å². The fourth-order valence-electron chi connectivity index (χ4n) is 4.10. The highest BCUT2D eigenvalue weighted by Crippen LogP contribution is 2.40. The second-order valence-corrected chi connectivity index (χ2v) is 7.78. The number of aromatic nitrogens is 4. The van der Waals surface area contributed by atoms with Crippen LogP contribution in [0.2, 0.25) is 0 Å². The highest BCUT2D eigenvalue weighted by molar-refractivity contribution is 5.76. The van der Waals surface area contributed by atoms with Crippen LogP contribution in [0.25, 0.3) is 0 Å². The van der Waals surface area contributed by atoms with Gasteiger partial charge in [-0.05, 0) is 37.3 Å². The lowest BCUT2D eigenvalue weighted by atomic mass is 9.83. The molecule has 28 heavy (non-hydrogen) atoms. The number of amides is 1. The van der Waals surface area contributed by atoms with E-state index in [0.29, 0.717) is 32.1 Å². The smallest absolute Gasteiger partial charge is 0.225 e. The Balaban J connectivity index is 1.38. The zero-order valence-corrected chi connectivity index (χ0v) is 16.7. The first-order chi connectivity index (χ1) is 13.6. The summed E-state index contributed by atoms with van der Waals surface area (Å²) >= 11 is 0. The van der Waals surface area contributed by atoms with Crippen molar-refractivity contribution in [2.24, 2.45) is 0 Å². The molecule has 2 aromatic heterocycles. The highest BCUT2D eigenvalue weighted by atomic mass is 16.5. The molecule has 8 heteroatoms. The zero-order chi connectivity index (χ0) is 19.6. The number of fused-ring (bicyclic) bond motifs is 2. The van der Waals surface area contributed by atoms with Crippen LogP contribution in [0.1, 0.15) is 36.9 Å². The fourth-order valence-corrected chi connectivity index (χ4v) is 4.10. The van der Waals surface area contributed by atoms with Crippen LogP contribution in [0.5, 0.6) is 0 Å². The van der Waals surface area contributed by atoms with Gasteiger partial charge in [0.2, 0.25) is 11.9 Å². The van der Waals surface area contributed by atoms with Gasteiger partial charge in [0, 0.05) is 58.7 Å². The van der Waals surface area contributed by atoms with E-state index in [4.69, 9.17) is 9.72 Å². The summed E-state index contributed by atoms with van der Waals surface area (Å²) in [5.41, 5.74) is 1.81. The van der Waals surface area contributed by atoms with Crippen LogP contribution in [0.3, 0.4) is 0 Å². The Bertz CT molecular complexity index is 812. The summed E-state index contributed by atoms with van der Waals surface area (Å²) in [5.74, 6) is 0.926. The average molecular weight is 384 g/mol. The third kappa shape index (κ3) is 3.73. The van der Waals surface area contributed by atoms with Gasteiger partial charge >= 0.3 is 0 Å². The Morgan fingerprint density at radius 3 is 2.86 bits per heavy atom. The number of likely N-dealkylation sites (tertiary alicyclic amines) is 1. The Morgan fingerprint density at radius 2 is 2.14 bits per heavy atom. The number of carbonyl (C=O) groups excluding carboxylic acids is 1. The second kappa shape index (κ2) is 7.87. The van der Waals surface area contributed by atoms with E-state index in [1.54, 1.807) is 6.20 Å². The number of carbonyl (C=O) groups is 1. The number of ether oxygens (including phenoxy) is 1. The maximum Gasteiger partial charge on any atom is 0.225 e. The number of nitrogens with zero attached hydrogens (tertiary/aromatic N) is 6. The maximum atomic E-state index is 12.6. The van der Waals surface area contributed by atoms with Crippen molar-refractivity contribution < 1.29 is 9.53 Å². The van der Waals surface area contributed by atoms with E-state index in [9.17, 15) is 4.79 Å². The summed E-state index contributed by atoms with van der Waals surface area (Å²) in [7, 11) is 3.89. The first kappa shape index (κ1) is 18.9. The van der Waals surface area contributed by atoms with Gasteiger partial charge in [-0.15, -0.1) is 0 Å². The average Bonchev–Trinajstić information content (AvgIpc) is 3.22. The Hall–Kier alpha value is -2.48. The minimum absolute atomic E-state index is 0.217. The molecule has 0 aliphatic carbocycles. The molecule has 4 heterocycles. The van der Waals surface area contributed by atoms with E-state index in [1.165, 1.54) is 5.56 Å². The predicted octanol–water partition coefficient (Wildman–Crippen LogP) is 1.61. The van der Waals surface area contributed by atoms with Gasteiger partial charge in [-0.3, -0.25) is 9.48 Å². The molecular formula is C20H28N6O2. The van der Waals surface area contributed by atoms with E-state index < -0.39 is 0 Å². The molecule has 2 aromatic rings. The van der Waals surface area contributed by atoms with Crippen molar-refractivity contribution in [3.8, 4) is 0 Å². The van der Waals surface area contributed by atoms with Crippen LogP contribution in [-0.2, 0) is 28.1 Å². The third-order valence-electron chi connectivity index (χ3n) is 5.69. The first-order valence-corrected chi connectivity index (χ1v) is 10.0. The molecule has 2 aliphatic heterocycles. The third-order valence-corrected chi connectivity index (χ3v) is 5.69. The molecule has 0 radical (unpaired) electrons. The van der Waals surface area contributed by atoms with E-state index in [1.807, 2.05) is 47.0 Å². The number of piperidine rings is 1. The molecule has 0 saturated carbocycles. The second-order valence-electron chi connectivity index (χ2n) is 7.78. The van der Waals surface area contributed by atoms with Gasteiger partial charge < -0.3 is 14.5 Å². The molecule has 8 nitrogen and oxygen atoms in total. The van der Waals surface area contributed by atoms with Gasteiger partial charge in [-0.2, -0.15) is 5.10 Å². The molecule has 0 unspecified atom stereocenters. The van der Waals surface area contributed by atoms with Gasteiger partial charge in [-0.25, -0.2) is 9.97 Å². The molecule has 0 N–H and O–H groups in total. The van der Waals surface area contributed by atoms with E-state index in [-0.39, 0.29) is 11.5 Å². The molecule has 4 rings (SSSR count). The summed E-state index contributed by atoms with van der Waals surface area (Å²) in [6.07, 6.45) is 9.41. The quantitative estimate of drug-likeness (QED) is 0.780. The van der Waals surface area contributed by atoms with Crippen molar-refractivity contribution in [1.29, 1.82) is 0 Å². The molecule has 1 amide bonds. The number of hydrogen-bond acceptors (Lipinski definition) is 6. The molecule has 0 bridgehead atoms. The molecular weight excluding hydrogens is 356 g/mol. The zero-order valence-electron chi connectivity index (χ0n) is 16.7. The lowest BCUT2D eigenvalue weighted by Crippen LogP contribution is -2.49. The largest absolute Gasteiger partial charge is 0.368 e. The van der Waals surface area contributed by atoms with Crippen LogP contribution in [0.15, 0.2) is 24.7 Å². The molecule has 0 atom stereocenters. The van der Waals surface area contributed by atoms with Gasteiger partial charge in [0.1, 0.15) is 5.60 Å². The maximum absolute atomic E-state index is 12.6. The first-order valence-electron chi connectivity index (χ1n) is 10.0. The van der Waals surface area contributed by atoms with Crippen LogP contribution in [0.4, 0.5) is 5.95 Å². The minimum Gasteiger partial charge on any atom is -0.368 e. The number of rotatable bonds is 5. The van der Waals surface area contributed by atoms with Gasteiger partial charge in [-0.1, -0.05) is 0 Å². The van der Waals surface area contributed by atoms with Crippen molar-refractivity contribution in [3.05, 3.63) is 35.9 Å². The van der Waals surface area contributed by atoms with Crippen LogP contribution >= 0.6 is 0 Å². The van der Waals surface area contributed by atoms with E-state index in [2.05, 4.69) is 10.1 Å². The van der Waals surface area contributed by atoms with Gasteiger partial charge in [0.15, 0.2) is 0 Å². The monoisotopic (exact) mass is 384 g/mol. The molecule has 1 saturated heterocycles. The van der Waals surface area contributed by atoms with Crippen molar-refractivity contribution in [3.63, 3.8) is 0 Å². The van der Waals surface area contributed by atoms with Crippen molar-refractivity contribution in [2.75, 3.05) is 38.7 Å². The van der Waals surface area contributed by atoms with E-state index in [0.717, 1.165) is 37.9 Å². The van der Waals surface area contributed by atoms with Crippen molar-refractivity contribution in [2.45, 2.75) is 44.2 Å². The summed E-state index contributed by atoms with van der Waals surface area (Å²) in [5, 5.41) is 4.18. The Kier molecular flexibility index (Phi) is 5.30. The number of hydrogen-bond donors (Lipinski definition) is 0. The summed E-state index contributed by atoms with van der Waals surface area (Å²) in [6, 6.07) is 1.90. The summed E-state index contributed by atoms with van der Waals surface area (Å²) in [4.78, 5) is 25.8. The molecule has 150 valence electrons. The number of anilines is 1. The highest BCUT2D eigenvalue weighted by Gasteiger charge is 2.43. The number of aryl methyl sites for hydroxylation is 1. The molecule has 1 fully saturated rings. The Morgan fingerprint density at radius 1 is 1.32 bits per heavy atom. The van der Waals surface area contributed by atoms with Gasteiger partial charge in [0.05, 0.1) is 12.3 Å². The lowest BCUT2D eigenvalue weighted by Gasteiger charge is -2.44. The molecule has 2 aliphatic rings.